The van der Waals surface area contributed by atoms with E-state index < -0.39 is 0 Å². The van der Waals surface area contributed by atoms with Gasteiger partial charge in [0.05, 0.1) is 5.69 Å². The molecule has 4 rings (SSSR count). The number of nitrogens with one attached hydrogen (secondary N) is 1. The summed E-state index contributed by atoms with van der Waals surface area (Å²) in [5.41, 5.74) is 3.53. The second kappa shape index (κ2) is 6.10. The Balaban J connectivity index is 1.32. The van der Waals surface area contributed by atoms with E-state index in [0.717, 1.165) is 49.8 Å². The largest absolute Gasteiger partial charge is 0.369 e. The number of aromatic nitrogens is 4. The van der Waals surface area contributed by atoms with Crippen LogP contribution in [-0.2, 0) is 12.8 Å². The number of hydrogen-bond donors (Lipinski definition) is 1. The van der Waals surface area contributed by atoms with Crippen LogP contribution in [0.4, 0.5) is 11.6 Å². The van der Waals surface area contributed by atoms with Crippen LogP contribution >= 0.6 is 0 Å². The molecule has 2 aromatic heterocycles. The molecule has 0 radical (unpaired) electrons. The molecule has 0 amide bonds. The van der Waals surface area contributed by atoms with Crippen molar-refractivity contribution in [2.75, 3.05) is 29.9 Å². The summed E-state index contributed by atoms with van der Waals surface area (Å²) < 4.78 is 0. The van der Waals surface area contributed by atoms with Crippen molar-refractivity contribution in [3.8, 4) is 0 Å². The Hall–Kier alpha value is -2.24. The summed E-state index contributed by atoms with van der Waals surface area (Å²) in [4.78, 5) is 11.1. The fourth-order valence-electron chi connectivity index (χ4n) is 3.36. The molecule has 0 unspecified atom stereocenters. The lowest BCUT2D eigenvalue weighted by atomic mass is 9.96. The van der Waals surface area contributed by atoms with Crippen LogP contribution in [0.3, 0.4) is 0 Å². The maximum atomic E-state index is 4.45. The number of aryl methyl sites for hydroxylation is 2. The maximum Gasteiger partial charge on any atom is 0.151 e. The van der Waals surface area contributed by atoms with Gasteiger partial charge in [-0.15, -0.1) is 5.10 Å². The number of rotatable bonds is 4. The van der Waals surface area contributed by atoms with Crippen LogP contribution in [-0.4, -0.2) is 39.8 Å². The smallest absolute Gasteiger partial charge is 0.151 e. The predicted molar refractivity (Wildman–Crippen MR) is 89.6 cm³/mol. The van der Waals surface area contributed by atoms with Crippen LogP contribution in [0.1, 0.15) is 29.8 Å². The molecule has 3 heterocycles. The molecule has 0 aromatic carbocycles. The monoisotopic (exact) mass is 310 g/mol. The van der Waals surface area contributed by atoms with E-state index in [9.17, 15) is 0 Å². The SMILES string of the molecule is Cc1ccc(N2CC(CNc3ncnc4c3CCCC4)C2)nn1. The minimum absolute atomic E-state index is 0.632. The number of anilines is 2. The average Bonchev–Trinajstić information content (AvgIpc) is 2.55. The predicted octanol–water partition coefficient (Wildman–Crippen LogP) is 2.00. The minimum atomic E-state index is 0.632. The molecule has 1 aliphatic carbocycles. The Bertz CT molecular complexity index is 678. The van der Waals surface area contributed by atoms with E-state index in [1.54, 1.807) is 6.33 Å². The zero-order valence-corrected chi connectivity index (χ0v) is 13.5. The molecule has 1 aliphatic heterocycles. The molecule has 23 heavy (non-hydrogen) atoms. The van der Waals surface area contributed by atoms with E-state index in [1.165, 1.54) is 24.1 Å². The number of fused-ring (bicyclic) bond motifs is 1. The molecule has 0 bridgehead atoms. The summed E-state index contributed by atoms with van der Waals surface area (Å²) in [5, 5.41) is 11.9. The normalized spacial score (nSPS) is 17.5. The summed E-state index contributed by atoms with van der Waals surface area (Å²) in [6.45, 7) is 4.97. The third-order valence-electron chi connectivity index (χ3n) is 4.75. The van der Waals surface area contributed by atoms with E-state index in [0.29, 0.717) is 5.92 Å². The van der Waals surface area contributed by atoms with Crippen LogP contribution in [0.2, 0.25) is 0 Å². The molecule has 2 aromatic rings. The van der Waals surface area contributed by atoms with Crippen LogP contribution < -0.4 is 10.2 Å². The second-order valence-electron chi connectivity index (χ2n) is 6.54. The Morgan fingerprint density at radius 1 is 1.13 bits per heavy atom. The highest BCUT2D eigenvalue weighted by atomic mass is 15.3. The fourth-order valence-corrected chi connectivity index (χ4v) is 3.36. The van der Waals surface area contributed by atoms with Gasteiger partial charge in [-0.05, 0) is 44.7 Å². The first-order chi connectivity index (χ1) is 11.3. The van der Waals surface area contributed by atoms with E-state index in [-0.39, 0.29) is 0 Å². The van der Waals surface area contributed by atoms with Crippen LogP contribution in [0.15, 0.2) is 18.5 Å². The summed E-state index contributed by atoms with van der Waals surface area (Å²) in [6.07, 6.45) is 6.39. The van der Waals surface area contributed by atoms with Gasteiger partial charge < -0.3 is 10.2 Å². The molecule has 1 N–H and O–H groups in total. The quantitative estimate of drug-likeness (QED) is 0.932. The molecule has 0 spiro atoms. The third-order valence-corrected chi connectivity index (χ3v) is 4.75. The summed E-state index contributed by atoms with van der Waals surface area (Å²) in [7, 11) is 0. The fraction of sp³-hybridized carbons (Fsp3) is 0.529. The zero-order chi connectivity index (χ0) is 15.6. The van der Waals surface area contributed by atoms with Gasteiger partial charge in [-0.1, -0.05) is 0 Å². The highest BCUT2D eigenvalue weighted by molar-refractivity contribution is 5.47. The van der Waals surface area contributed by atoms with Gasteiger partial charge in [0.15, 0.2) is 5.82 Å². The Morgan fingerprint density at radius 3 is 2.83 bits per heavy atom. The van der Waals surface area contributed by atoms with Crippen molar-refractivity contribution in [3.63, 3.8) is 0 Å². The lowest BCUT2D eigenvalue weighted by molar-refractivity contribution is 0.425. The Morgan fingerprint density at radius 2 is 2.00 bits per heavy atom. The third kappa shape index (κ3) is 2.98. The first kappa shape index (κ1) is 14.4. The first-order valence-corrected chi connectivity index (χ1v) is 8.41. The van der Waals surface area contributed by atoms with Gasteiger partial charge in [0.2, 0.25) is 0 Å². The van der Waals surface area contributed by atoms with Crippen LogP contribution in [0.5, 0.6) is 0 Å². The van der Waals surface area contributed by atoms with Crippen molar-refractivity contribution in [1.29, 1.82) is 0 Å². The highest BCUT2D eigenvalue weighted by Gasteiger charge is 2.28. The highest BCUT2D eigenvalue weighted by Crippen LogP contribution is 2.26. The topological polar surface area (TPSA) is 66.8 Å². The molecule has 6 heteroatoms. The van der Waals surface area contributed by atoms with Gasteiger partial charge in [0, 0.05) is 36.8 Å². The average molecular weight is 310 g/mol. The first-order valence-electron chi connectivity index (χ1n) is 8.41. The Kier molecular flexibility index (Phi) is 3.81. The van der Waals surface area contributed by atoms with Crippen molar-refractivity contribution >= 4 is 11.6 Å². The van der Waals surface area contributed by atoms with Crippen molar-refractivity contribution in [3.05, 3.63) is 35.4 Å². The maximum absolute atomic E-state index is 4.45. The molecule has 6 nitrogen and oxygen atoms in total. The van der Waals surface area contributed by atoms with Gasteiger partial charge in [-0.3, -0.25) is 0 Å². The molecule has 1 fully saturated rings. The van der Waals surface area contributed by atoms with Gasteiger partial charge in [0.1, 0.15) is 12.1 Å². The molecular weight excluding hydrogens is 288 g/mol. The number of nitrogens with zero attached hydrogens (tertiary/aromatic N) is 5. The lowest BCUT2D eigenvalue weighted by Gasteiger charge is -2.40. The van der Waals surface area contributed by atoms with E-state index in [2.05, 4.69) is 30.4 Å². The zero-order valence-electron chi connectivity index (χ0n) is 13.5. The van der Waals surface area contributed by atoms with E-state index >= 15 is 0 Å². The minimum Gasteiger partial charge on any atom is -0.369 e. The van der Waals surface area contributed by atoms with E-state index in [4.69, 9.17) is 0 Å². The van der Waals surface area contributed by atoms with Crippen molar-refractivity contribution < 1.29 is 0 Å². The molecule has 1 saturated heterocycles. The molecule has 0 saturated carbocycles. The van der Waals surface area contributed by atoms with Gasteiger partial charge in [-0.25, -0.2) is 9.97 Å². The van der Waals surface area contributed by atoms with Gasteiger partial charge >= 0.3 is 0 Å². The molecule has 120 valence electrons. The van der Waals surface area contributed by atoms with Crippen LogP contribution in [0.25, 0.3) is 0 Å². The second-order valence-corrected chi connectivity index (χ2v) is 6.54. The van der Waals surface area contributed by atoms with E-state index in [1.807, 2.05) is 19.1 Å². The van der Waals surface area contributed by atoms with Crippen molar-refractivity contribution in [2.24, 2.45) is 5.92 Å². The van der Waals surface area contributed by atoms with Gasteiger partial charge in [-0.2, -0.15) is 5.10 Å². The van der Waals surface area contributed by atoms with Crippen LogP contribution in [0, 0.1) is 12.8 Å². The number of hydrogen-bond acceptors (Lipinski definition) is 6. The molecule has 2 aliphatic rings. The van der Waals surface area contributed by atoms with Crippen molar-refractivity contribution in [2.45, 2.75) is 32.6 Å². The summed E-state index contributed by atoms with van der Waals surface area (Å²) in [5.74, 6) is 2.65. The molecule has 0 atom stereocenters. The summed E-state index contributed by atoms with van der Waals surface area (Å²) >= 11 is 0. The Labute approximate surface area is 136 Å². The molecular formula is C17H22N6. The van der Waals surface area contributed by atoms with Crippen molar-refractivity contribution in [1.82, 2.24) is 20.2 Å². The lowest BCUT2D eigenvalue weighted by Crippen LogP contribution is -2.50. The summed E-state index contributed by atoms with van der Waals surface area (Å²) in [6, 6.07) is 4.06. The standard InChI is InChI=1S/C17H22N6/c1-12-6-7-16(22-21-12)23-9-13(10-23)8-18-17-14-4-2-3-5-15(14)19-11-20-17/h6-7,11,13H,2-5,8-10H2,1H3,(H,18,19,20). The van der Waals surface area contributed by atoms with Gasteiger partial charge in [0.25, 0.3) is 0 Å².